The van der Waals surface area contributed by atoms with Gasteiger partial charge in [-0.1, -0.05) is 6.92 Å². The number of halogens is 2. The van der Waals surface area contributed by atoms with E-state index in [1.165, 1.54) is 16.9 Å². The fraction of sp³-hybridized carbons (Fsp3) is 0.565. The first-order chi connectivity index (χ1) is 16.5. The molecule has 0 radical (unpaired) electrons. The Kier molecular flexibility index (Phi) is 6.44. The van der Waals surface area contributed by atoms with Crippen LogP contribution < -0.4 is 10.2 Å². The fourth-order valence-corrected chi connectivity index (χ4v) is 4.72. The third-order valence-electron chi connectivity index (χ3n) is 6.72. The largest absolute Gasteiger partial charge is 0.380 e. The van der Waals surface area contributed by atoms with E-state index in [4.69, 9.17) is 4.74 Å². The predicted molar refractivity (Wildman–Crippen MR) is 122 cm³/mol. The summed E-state index contributed by atoms with van der Waals surface area (Å²) in [5.41, 5.74) is 0.195. The van der Waals surface area contributed by atoms with Gasteiger partial charge in [0.2, 0.25) is 0 Å². The summed E-state index contributed by atoms with van der Waals surface area (Å²) in [6, 6.07) is 1.91. The van der Waals surface area contributed by atoms with Crippen molar-refractivity contribution in [2.75, 3.05) is 36.5 Å². The second-order valence-corrected chi connectivity index (χ2v) is 9.14. The first-order valence-electron chi connectivity index (χ1n) is 11.8. The molecular weight excluding hydrogens is 444 g/mol. The van der Waals surface area contributed by atoms with Crippen LogP contribution in [0.5, 0.6) is 0 Å². The van der Waals surface area contributed by atoms with Gasteiger partial charge in [0.1, 0.15) is 11.4 Å². The lowest BCUT2D eigenvalue weighted by Gasteiger charge is -2.26. The molecule has 5 rings (SSSR count). The zero-order chi connectivity index (χ0) is 23.7. The molecule has 1 aliphatic carbocycles. The Morgan fingerprint density at radius 2 is 2.03 bits per heavy atom. The molecule has 1 amide bonds. The van der Waals surface area contributed by atoms with Crippen LogP contribution in [0.4, 0.5) is 20.3 Å². The Bertz CT molecular complexity index is 1150. The number of aromatic nitrogens is 5. The molecule has 2 fully saturated rings. The summed E-state index contributed by atoms with van der Waals surface area (Å²) >= 11 is 0. The molecule has 34 heavy (non-hydrogen) atoms. The summed E-state index contributed by atoms with van der Waals surface area (Å²) < 4.78 is 36.1. The number of anilines is 2. The fourth-order valence-electron chi connectivity index (χ4n) is 4.72. The Labute approximate surface area is 196 Å². The topological polar surface area (TPSA) is 89.6 Å². The third-order valence-corrected chi connectivity index (χ3v) is 6.72. The van der Waals surface area contributed by atoms with Crippen molar-refractivity contribution in [3.8, 4) is 0 Å². The van der Waals surface area contributed by atoms with Crippen molar-refractivity contribution in [2.45, 2.75) is 51.5 Å². The number of fused-ring (bicyclic) bond motifs is 1. The van der Waals surface area contributed by atoms with E-state index in [1.54, 1.807) is 10.9 Å². The van der Waals surface area contributed by atoms with Gasteiger partial charge >= 0.3 is 0 Å². The van der Waals surface area contributed by atoms with Crippen molar-refractivity contribution in [3.63, 3.8) is 0 Å². The Hall–Kier alpha value is -3.08. The number of nitrogens with one attached hydrogen (secondary N) is 1. The molecule has 2 aliphatic rings. The van der Waals surface area contributed by atoms with Crippen LogP contribution >= 0.6 is 0 Å². The number of hydrogen-bond acceptors (Lipinski definition) is 6. The summed E-state index contributed by atoms with van der Waals surface area (Å²) in [6.07, 6.45) is 6.63. The van der Waals surface area contributed by atoms with Crippen LogP contribution in [0.1, 0.15) is 67.5 Å². The van der Waals surface area contributed by atoms with Crippen LogP contribution in [-0.4, -0.2) is 56.6 Å². The van der Waals surface area contributed by atoms with E-state index >= 15 is 0 Å². The van der Waals surface area contributed by atoms with E-state index in [2.05, 4.69) is 32.3 Å². The number of carbonyl (C=O) groups is 1. The zero-order valence-corrected chi connectivity index (χ0v) is 19.2. The first kappa shape index (κ1) is 22.7. The SMILES string of the molecule is C[C@H]1CC[C@H](n2cc(NC(=O)c3cnn4ccc(N5CCCOCC5)nc34)c(C(F)F)n2)CC1. The highest BCUT2D eigenvalue weighted by Crippen LogP contribution is 2.34. The van der Waals surface area contributed by atoms with Crippen molar-refractivity contribution in [2.24, 2.45) is 5.92 Å². The lowest BCUT2D eigenvalue weighted by atomic mass is 9.87. The third kappa shape index (κ3) is 4.61. The summed E-state index contributed by atoms with van der Waals surface area (Å²) in [5, 5.41) is 11.0. The van der Waals surface area contributed by atoms with Crippen LogP contribution in [0, 0.1) is 5.92 Å². The number of amides is 1. The van der Waals surface area contributed by atoms with Crippen LogP contribution in [0.2, 0.25) is 0 Å². The van der Waals surface area contributed by atoms with Crippen LogP contribution in [0.25, 0.3) is 5.65 Å². The Balaban J connectivity index is 1.39. The quantitative estimate of drug-likeness (QED) is 0.600. The monoisotopic (exact) mass is 473 g/mol. The molecule has 1 saturated carbocycles. The first-order valence-corrected chi connectivity index (χ1v) is 11.8. The van der Waals surface area contributed by atoms with Crippen LogP contribution in [0.15, 0.2) is 24.7 Å². The molecule has 0 bridgehead atoms. The van der Waals surface area contributed by atoms with Gasteiger partial charge in [0.15, 0.2) is 11.3 Å². The van der Waals surface area contributed by atoms with E-state index in [9.17, 15) is 13.6 Å². The second-order valence-electron chi connectivity index (χ2n) is 9.14. The molecule has 0 atom stereocenters. The van der Waals surface area contributed by atoms with Crippen molar-refractivity contribution in [1.82, 2.24) is 24.4 Å². The maximum atomic E-state index is 13.7. The van der Waals surface area contributed by atoms with E-state index < -0.39 is 18.0 Å². The minimum Gasteiger partial charge on any atom is -0.380 e. The minimum absolute atomic E-state index is 0.0267. The highest BCUT2D eigenvalue weighted by Gasteiger charge is 2.26. The normalized spacial score (nSPS) is 21.7. The number of hydrogen-bond donors (Lipinski definition) is 1. The molecule has 9 nitrogen and oxygen atoms in total. The van der Waals surface area contributed by atoms with Gasteiger partial charge < -0.3 is 15.0 Å². The Morgan fingerprint density at radius 1 is 1.21 bits per heavy atom. The summed E-state index contributed by atoms with van der Waals surface area (Å²) in [4.78, 5) is 19.9. The lowest BCUT2D eigenvalue weighted by Crippen LogP contribution is -2.27. The maximum absolute atomic E-state index is 13.7. The predicted octanol–water partition coefficient (Wildman–Crippen LogP) is 4.09. The molecule has 11 heteroatoms. The lowest BCUT2D eigenvalue weighted by molar-refractivity contribution is 0.102. The van der Waals surface area contributed by atoms with E-state index in [-0.39, 0.29) is 17.3 Å². The standard InChI is InChI=1S/C23H29F2N7O2/c1-15-3-5-16(6-4-15)32-14-18(20(29-32)21(24)25)27-23(33)17-13-26-31-9-7-19(28-22(17)31)30-8-2-11-34-12-10-30/h7,9,13-16,21H,2-6,8,10-12H2,1H3,(H,27,33)/t15-,16-. The highest BCUT2D eigenvalue weighted by molar-refractivity contribution is 6.08. The van der Waals surface area contributed by atoms with Crippen molar-refractivity contribution >= 4 is 23.1 Å². The van der Waals surface area contributed by atoms with Gasteiger partial charge in [-0.3, -0.25) is 9.48 Å². The number of ether oxygens (including phenoxy) is 1. The van der Waals surface area contributed by atoms with Gasteiger partial charge in [-0.15, -0.1) is 0 Å². The summed E-state index contributed by atoms with van der Waals surface area (Å²) in [5.74, 6) is 0.813. The number of nitrogens with zero attached hydrogens (tertiary/aromatic N) is 6. The molecule has 4 heterocycles. The number of carbonyl (C=O) groups excluding carboxylic acids is 1. The second kappa shape index (κ2) is 9.65. The van der Waals surface area contributed by atoms with Crippen LogP contribution in [0.3, 0.4) is 0 Å². The number of rotatable bonds is 5. The summed E-state index contributed by atoms with van der Waals surface area (Å²) in [6.45, 7) is 5.02. The van der Waals surface area contributed by atoms with Gasteiger partial charge in [-0.2, -0.15) is 10.2 Å². The molecule has 1 aliphatic heterocycles. The Morgan fingerprint density at radius 3 is 2.82 bits per heavy atom. The summed E-state index contributed by atoms with van der Waals surface area (Å²) in [7, 11) is 0. The molecule has 182 valence electrons. The van der Waals surface area contributed by atoms with E-state index in [0.29, 0.717) is 31.3 Å². The van der Waals surface area contributed by atoms with Gasteiger partial charge in [0.05, 0.1) is 24.5 Å². The average Bonchev–Trinajstić information content (AvgIpc) is 3.34. The molecule has 1 N–H and O–H groups in total. The van der Waals surface area contributed by atoms with Gasteiger partial charge in [-0.05, 0) is 44.1 Å². The molecular formula is C23H29F2N7O2. The van der Waals surface area contributed by atoms with Crippen molar-refractivity contribution in [3.05, 3.63) is 35.9 Å². The molecule has 0 spiro atoms. The van der Waals surface area contributed by atoms with Gasteiger partial charge in [-0.25, -0.2) is 18.3 Å². The molecule has 3 aromatic rings. The highest BCUT2D eigenvalue weighted by atomic mass is 19.3. The zero-order valence-electron chi connectivity index (χ0n) is 19.2. The smallest absolute Gasteiger partial charge is 0.284 e. The molecule has 0 unspecified atom stereocenters. The van der Waals surface area contributed by atoms with E-state index in [1.807, 2.05) is 6.07 Å². The van der Waals surface area contributed by atoms with Crippen molar-refractivity contribution < 1.29 is 18.3 Å². The molecule has 0 aromatic carbocycles. The van der Waals surface area contributed by atoms with Gasteiger partial charge in [0.25, 0.3) is 12.3 Å². The van der Waals surface area contributed by atoms with Gasteiger partial charge in [0, 0.05) is 32.1 Å². The van der Waals surface area contributed by atoms with Crippen molar-refractivity contribution in [1.29, 1.82) is 0 Å². The molecule has 1 saturated heterocycles. The van der Waals surface area contributed by atoms with E-state index in [0.717, 1.165) is 44.5 Å². The minimum atomic E-state index is -2.79. The molecule has 3 aromatic heterocycles. The number of alkyl halides is 2. The average molecular weight is 474 g/mol. The maximum Gasteiger partial charge on any atom is 0.284 e. The van der Waals surface area contributed by atoms with Crippen LogP contribution in [-0.2, 0) is 4.74 Å².